The fraction of sp³-hybridized carbons (Fsp3) is 0.417. The molecule has 18 heavy (non-hydrogen) atoms. The lowest BCUT2D eigenvalue weighted by molar-refractivity contribution is 0.0861. The summed E-state index contributed by atoms with van der Waals surface area (Å²) in [5.74, 6) is -0.330. The molecule has 1 aromatic rings. The molecule has 0 atom stereocenters. The molecule has 0 aromatic heterocycles. The third-order valence-corrected chi connectivity index (χ3v) is 4.61. The van der Waals surface area contributed by atoms with Crippen molar-refractivity contribution in [1.82, 2.24) is 4.31 Å². The molecule has 0 radical (unpaired) electrons. The fourth-order valence-electron chi connectivity index (χ4n) is 1.94. The Morgan fingerprint density at radius 2 is 2.00 bits per heavy atom. The lowest BCUT2D eigenvalue weighted by Gasteiger charge is -2.17. The van der Waals surface area contributed by atoms with Crippen molar-refractivity contribution in [3.05, 3.63) is 23.8 Å². The average Bonchev–Trinajstić information content (AvgIpc) is 2.50. The minimum absolute atomic E-state index is 0.0972. The van der Waals surface area contributed by atoms with Crippen molar-refractivity contribution in [3.63, 3.8) is 0 Å². The Kier molecular flexibility index (Phi) is 3.06. The first kappa shape index (κ1) is 12.9. The summed E-state index contributed by atoms with van der Waals surface area (Å²) >= 11 is 0. The van der Waals surface area contributed by atoms with E-state index in [-0.39, 0.29) is 22.9 Å². The molecule has 0 fully saturated rings. The van der Waals surface area contributed by atoms with Gasteiger partial charge in [0, 0.05) is 19.3 Å². The highest BCUT2D eigenvalue weighted by Gasteiger charge is 2.41. The van der Waals surface area contributed by atoms with Gasteiger partial charge in [-0.2, -0.15) is 0 Å². The van der Waals surface area contributed by atoms with Gasteiger partial charge >= 0.3 is 0 Å². The average molecular weight is 268 g/mol. The molecule has 98 valence electrons. The number of benzene rings is 1. The van der Waals surface area contributed by atoms with E-state index >= 15 is 0 Å². The SMILES string of the molecule is CNc1ccc2c(c1)S(=O)(=O)N(CC(C)C)C2=O. The molecule has 1 N–H and O–H groups in total. The van der Waals surface area contributed by atoms with E-state index in [4.69, 9.17) is 0 Å². The standard InChI is InChI=1S/C12H16N2O3S/c1-8(2)7-14-12(15)10-5-4-9(13-3)6-11(10)18(14,16)17/h4-6,8,13H,7H2,1-3H3. The first-order valence-electron chi connectivity index (χ1n) is 5.76. The molecule has 6 heteroatoms. The number of nitrogens with one attached hydrogen (secondary N) is 1. The molecule has 0 saturated carbocycles. The Bertz CT molecular complexity index is 593. The highest BCUT2D eigenvalue weighted by molar-refractivity contribution is 7.90. The topological polar surface area (TPSA) is 66.5 Å². The molecular formula is C12H16N2O3S. The van der Waals surface area contributed by atoms with E-state index in [0.29, 0.717) is 5.69 Å². The molecule has 1 aliphatic rings. The van der Waals surface area contributed by atoms with Crippen LogP contribution < -0.4 is 5.32 Å². The number of rotatable bonds is 3. The van der Waals surface area contributed by atoms with Crippen molar-refractivity contribution in [1.29, 1.82) is 0 Å². The van der Waals surface area contributed by atoms with Crippen LogP contribution in [0.4, 0.5) is 5.69 Å². The summed E-state index contributed by atoms with van der Waals surface area (Å²) in [7, 11) is -1.97. The first-order chi connectivity index (χ1) is 8.37. The van der Waals surface area contributed by atoms with E-state index < -0.39 is 15.9 Å². The van der Waals surface area contributed by atoms with E-state index in [1.807, 2.05) is 13.8 Å². The van der Waals surface area contributed by atoms with Crippen molar-refractivity contribution < 1.29 is 13.2 Å². The zero-order valence-electron chi connectivity index (χ0n) is 10.6. The maximum atomic E-state index is 12.3. The van der Waals surface area contributed by atoms with E-state index in [2.05, 4.69) is 5.32 Å². The van der Waals surface area contributed by atoms with Crippen LogP contribution in [-0.4, -0.2) is 32.2 Å². The summed E-state index contributed by atoms with van der Waals surface area (Å²) in [6.07, 6.45) is 0. The van der Waals surface area contributed by atoms with Crippen LogP contribution in [0.15, 0.2) is 23.1 Å². The monoisotopic (exact) mass is 268 g/mol. The number of carbonyl (C=O) groups excluding carboxylic acids is 1. The molecule has 0 spiro atoms. The van der Waals surface area contributed by atoms with Crippen molar-refractivity contribution in [2.45, 2.75) is 18.7 Å². The highest BCUT2D eigenvalue weighted by Crippen LogP contribution is 2.32. The second-order valence-electron chi connectivity index (χ2n) is 4.70. The Hall–Kier alpha value is -1.56. The molecule has 1 amide bonds. The Balaban J connectivity index is 2.54. The molecule has 1 aromatic carbocycles. The van der Waals surface area contributed by atoms with E-state index in [0.717, 1.165) is 4.31 Å². The van der Waals surface area contributed by atoms with Crippen molar-refractivity contribution >= 4 is 21.6 Å². The van der Waals surface area contributed by atoms with Crippen LogP contribution in [0, 0.1) is 5.92 Å². The van der Waals surface area contributed by atoms with Crippen LogP contribution in [0.1, 0.15) is 24.2 Å². The summed E-state index contributed by atoms with van der Waals surface area (Å²) in [4.78, 5) is 12.2. The van der Waals surface area contributed by atoms with Gasteiger partial charge in [0.1, 0.15) is 4.90 Å². The first-order valence-corrected chi connectivity index (χ1v) is 7.21. The molecule has 2 rings (SSSR count). The number of hydrogen-bond acceptors (Lipinski definition) is 4. The Labute approximate surface area is 107 Å². The van der Waals surface area contributed by atoms with E-state index in [1.54, 1.807) is 19.2 Å². The molecule has 1 heterocycles. The minimum Gasteiger partial charge on any atom is -0.388 e. The number of amides is 1. The number of hydrogen-bond donors (Lipinski definition) is 1. The van der Waals surface area contributed by atoms with Gasteiger partial charge in [-0.15, -0.1) is 0 Å². The van der Waals surface area contributed by atoms with Crippen molar-refractivity contribution in [3.8, 4) is 0 Å². The van der Waals surface area contributed by atoms with Gasteiger partial charge in [0.05, 0.1) is 5.56 Å². The summed E-state index contributed by atoms with van der Waals surface area (Å²) in [6, 6.07) is 4.76. The van der Waals surface area contributed by atoms with Gasteiger partial charge in [-0.25, -0.2) is 12.7 Å². The number of nitrogens with zero attached hydrogens (tertiary/aromatic N) is 1. The Morgan fingerprint density at radius 1 is 1.33 bits per heavy atom. The number of carbonyl (C=O) groups is 1. The van der Waals surface area contributed by atoms with E-state index in [9.17, 15) is 13.2 Å². The normalized spacial score (nSPS) is 17.1. The second-order valence-corrected chi connectivity index (χ2v) is 6.53. The minimum atomic E-state index is -3.68. The van der Waals surface area contributed by atoms with Crippen LogP contribution in [0.5, 0.6) is 0 Å². The second kappa shape index (κ2) is 4.28. The van der Waals surface area contributed by atoms with Crippen LogP contribution in [0.25, 0.3) is 0 Å². The molecule has 0 aliphatic carbocycles. The molecular weight excluding hydrogens is 252 g/mol. The molecule has 0 saturated heterocycles. The van der Waals surface area contributed by atoms with Gasteiger partial charge < -0.3 is 5.32 Å². The fourth-order valence-corrected chi connectivity index (χ4v) is 3.70. The van der Waals surface area contributed by atoms with Gasteiger partial charge in [0.2, 0.25) is 0 Å². The number of anilines is 1. The Morgan fingerprint density at radius 3 is 2.56 bits per heavy atom. The predicted molar refractivity (Wildman–Crippen MR) is 69.0 cm³/mol. The van der Waals surface area contributed by atoms with Gasteiger partial charge in [-0.05, 0) is 24.1 Å². The van der Waals surface area contributed by atoms with Crippen LogP contribution >= 0.6 is 0 Å². The molecule has 5 nitrogen and oxygen atoms in total. The smallest absolute Gasteiger partial charge is 0.269 e. The lowest BCUT2D eigenvalue weighted by atomic mass is 10.1. The van der Waals surface area contributed by atoms with Crippen molar-refractivity contribution in [2.24, 2.45) is 5.92 Å². The maximum Gasteiger partial charge on any atom is 0.269 e. The van der Waals surface area contributed by atoms with Crippen LogP contribution in [0.2, 0.25) is 0 Å². The van der Waals surface area contributed by atoms with Gasteiger partial charge in [0.25, 0.3) is 15.9 Å². The third-order valence-electron chi connectivity index (χ3n) is 2.83. The van der Waals surface area contributed by atoms with Crippen LogP contribution in [0.3, 0.4) is 0 Å². The zero-order valence-corrected chi connectivity index (χ0v) is 11.4. The zero-order chi connectivity index (χ0) is 13.5. The number of fused-ring (bicyclic) bond motifs is 1. The summed E-state index contributed by atoms with van der Waals surface area (Å²) in [5.41, 5.74) is 0.936. The van der Waals surface area contributed by atoms with Gasteiger partial charge in [-0.1, -0.05) is 13.8 Å². The quantitative estimate of drug-likeness (QED) is 0.902. The molecule has 1 aliphatic heterocycles. The summed E-state index contributed by atoms with van der Waals surface area (Å²) in [5, 5.41) is 2.87. The third kappa shape index (κ3) is 1.86. The lowest BCUT2D eigenvalue weighted by Crippen LogP contribution is -2.33. The largest absolute Gasteiger partial charge is 0.388 e. The van der Waals surface area contributed by atoms with E-state index in [1.165, 1.54) is 6.07 Å². The maximum absolute atomic E-state index is 12.3. The summed E-state index contributed by atoms with van der Waals surface area (Å²) in [6.45, 7) is 3.97. The van der Waals surface area contributed by atoms with Crippen molar-refractivity contribution in [2.75, 3.05) is 18.9 Å². The summed E-state index contributed by atoms with van der Waals surface area (Å²) < 4.78 is 25.5. The predicted octanol–water partition coefficient (Wildman–Crippen LogP) is 1.53. The number of sulfonamides is 1. The van der Waals surface area contributed by atoms with Gasteiger partial charge in [-0.3, -0.25) is 4.79 Å². The highest BCUT2D eigenvalue weighted by atomic mass is 32.2. The molecule has 0 bridgehead atoms. The molecule has 0 unspecified atom stereocenters. The van der Waals surface area contributed by atoms with Gasteiger partial charge in [0.15, 0.2) is 0 Å². The van der Waals surface area contributed by atoms with Crippen LogP contribution in [-0.2, 0) is 10.0 Å².